The highest BCUT2D eigenvalue weighted by atomic mass is 35.5. The minimum atomic E-state index is -0.198. The zero-order valence-corrected chi connectivity index (χ0v) is 11.0. The maximum absolute atomic E-state index is 12.0. The van der Waals surface area contributed by atoms with Gasteiger partial charge in [0.25, 0.3) is 5.91 Å². The van der Waals surface area contributed by atoms with Crippen LogP contribution in [-0.4, -0.2) is 16.1 Å². The van der Waals surface area contributed by atoms with Gasteiger partial charge in [-0.3, -0.25) is 9.89 Å². The number of rotatable bonds is 3. The smallest absolute Gasteiger partial charge is 0.256 e. The Kier molecular flexibility index (Phi) is 3.67. The Balaban J connectivity index is 2.19. The summed E-state index contributed by atoms with van der Waals surface area (Å²) in [5, 5.41) is 10.0. The third-order valence-corrected chi connectivity index (χ3v) is 3.18. The third-order valence-electron chi connectivity index (χ3n) is 2.77. The fraction of sp³-hybridized carbons (Fsp3) is 0.231. The van der Waals surface area contributed by atoms with Crippen molar-refractivity contribution in [2.45, 2.75) is 20.3 Å². The van der Waals surface area contributed by atoms with Crippen molar-refractivity contribution in [2.24, 2.45) is 0 Å². The van der Waals surface area contributed by atoms with Gasteiger partial charge in [-0.1, -0.05) is 24.6 Å². The first-order valence-corrected chi connectivity index (χ1v) is 6.09. The Bertz CT molecular complexity index is 577. The topological polar surface area (TPSA) is 57.8 Å². The van der Waals surface area contributed by atoms with Crippen molar-refractivity contribution >= 4 is 23.3 Å². The number of carbonyl (C=O) groups excluding carboxylic acids is 1. The molecular weight excluding hydrogens is 250 g/mol. The van der Waals surface area contributed by atoms with Crippen molar-refractivity contribution in [1.82, 2.24) is 10.2 Å². The zero-order valence-electron chi connectivity index (χ0n) is 10.2. The van der Waals surface area contributed by atoms with Crippen molar-refractivity contribution in [3.8, 4) is 0 Å². The predicted octanol–water partition coefficient (Wildman–Crippen LogP) is 3.19. The molecule has 5 heteroatoms. The molecule has 0 bridgehead atoms. The lowest BCUT2D eigenvalue weighted by Gasteiger charge is -2.06. The highest BCUT2D eigenvalue weighted by Gasteiger charge is 2.10. The molecule has 0 fully saturated rings. The molecule has 4 nitrogen and oxygen atoms in total. The monoisotopic (exact) mass is 263 g/mol. The highest BCUT2D eigenvalue weighted by Crippen LogP contribution is 2.18. The van der Waals surface area contributed by atoms with Gasteiger partial charge in [0.2, 0.25) is 0 Å². The number of hydrogen-bond donors (Lipinski definition) is 2. The predicted molar refractivity (Wildman–Crippen MR) is 72.1 cm³/mol. The molecule has 0 saturated carbocycles. The second-order valence-electron chi connectivity index (χ2n) is 4.04. The lowest BCUT2D eigenvalue weighted by atomic mass is 10.1. The molecule has 2 rings (SSSR count). The average molecular weight is 264 g/mol. The lowest BCUT2D eigenvalue weighted by Crippen LogP contribution is -2.13. The van der Waals surface area contributed by atoms with Crippen molar-refractivity contribution in [1.29, 1.82) is 0 Å². The molecule has 1 amide bonds. The van der Waals surface area contributed by atoms with Crippen LogP contribution in [0.1, 0.15) is 28.4 Å². The van der Waals surface area contributed by atoms with Crippen LogP contribution < -0.4 is 5.32 Å². The van der Waals surface area contributed by atoms with Crippen LogP contribution in [-0.2, 0) is 6.42 Å². The van der Waals surface area contributed by atoms with Crippen LogP contribution in [0, 0.1) is 6.92 Å². The Labute approximate surface area is 110 Å². The molecule has 0 aliphatic carbocycles. The van der Waals surface area contributed by atoms with Crippen LogP contribution in [0.25, 0.3) is 0 Å². The van der Waals surface area contributed by atoms with Gasteiger partial charge in [0.15, 0.2) is 0 Å². The number of anilines is 1. The van der Waals surface area contributed by atoms with Gasteiger partial charge >= 0.3 is 0 Å². The van der Waals surface area contributed by atoms with Crippen molar-refractivity contribution < 1.29 is 4.79 Å². The Morgan fingerprint density at radius 2 is 2.28 bits per heavy atom. The van der Waals surface area contributed by atoms with Gasteiger partial charge in [-0.25, -0.2) is 0 Å². The number of aromatic amines is 1. The van der Waals surface area contributed by atoms with Crippen LogP contribution in [0.3, 0.4) is 0 Å². The van der Waals surface area contributed by atoms with Crippen LogP contribution in [0.2, 0.25) is 5.02 Å². The minimum absolute atomic E-state index is 0.198. The summed E-state index contributed by atoms with van der Waals surface area (Å²) < 4.78 is 0. The fourth-order valence-corrected chi connectivity index (χ4v) is 1.79. The van der Waals surface area contributed by atoms with Crippen molar-refractivity contribution in [3.63, 3.8) is 0 Å². The Hall–Kier alpha value is -1.81. The number of benzene rings is 1. The molecule has 0 atom stereocenters. The first-order valence-electron chi connectivity index (χ1n) is 5.71. The SMILES string of the molecule is CCc1cn[nH]c1NC(=O)c1ccc(C)c(Cl)c1. The molecule has 0 saturated heterocycles. The van der Waals surface area contributed by atoms with Gasteiger partial charge in [-0.05, 0) is 31.0 Å². The highest BCUT2D eigenvalue weighted by molar-refractivity contribution is 6.31. The summed E-state index contributed by atoms with van der Waals surface area (Å²) in [5.41, 5.74) is 2.45. The summed E-state index contributed by atoms with van der Waals surface area (Å²) in [6.07, 6.45) is 2.51. The zero-order chi connectivity index (χ0) is 13.1. The molecule has 1 aromatic heterocycles. The van der Waals surface area contributed by atoms with E-state index in [-0.39, 0.29) is 5.91 Å². The summed E-state index contributed by atoms with van der Waals surface area (Å²) >= 11 is 6.00. The second kappa shape index (κ2) is 5.23. The largest absolute Gasteiger partial charge is 0.307 e. The van der Waals surface area contributed by atoms with Crippen LogP contribution in [0.4, 0.5) is 5.82 Å². The second-order valence-corrected chi connectivity index (χ2v) is 4.45. The Morgan fingerprint density at radius 1 is 1.50 bits per heavy atom. The summed E-state index contributed by atoms with van der Waals surface area (Å²) in [7, 11) is 0. The van der Waals surface area contributed by atoms with Gasteiger partial charge in [-0.15, -0.1) is 0 Å². The van der Waals surface area contributed by atoms with E-state index in [9.17, 15) is 4.79 Å². The molecule has 0 spiro atoms. The van der Waals surface area contributed by atoms with E-state index in [1.807, 2.05) is 19.9 Å². The molecule has 0 radical (unpaired) electrons. The number of halogens is 1. The van der Waals surface area contributed by atoms with Gasteiger partial charge in [-0.2, -0.15) is 5.10 Å². The lowest BCUT2D eigenvalue weighted by molar-refractivity contribution is 0.102. The molecule has 1 aromatic carbocycles. The number of nitrogens with zero attached hydrogens (tertiary/aromatic N) is 1. The van der Waals surface area contributed by atoms with E-state index in [1.165, 1.54) is 0 Å². The fourth-order valence-electron chi connectivity index (χ4n) is 1.61. The summed E-state index contributed by atoms with van der Waals surface area (Å²) in [6.45, 7) is 3.90. The number of nitrogens with one attached hydrogen (secondary N) is 2. The van der Waals surface area contributed by atoms with Crippen molar-refractivity contribution in [3.05, 3.63) is 46.1 Å². The van der Waals surface area contributed by atoms with E-state index in [0.717, 1.165) is 17.5 Å². The quantitative estimate of drug-likeness (QED) is 0.894. The van der Waals surface area contributed by atoms with E-state index in [4.69, 9.17) is 11.6 Å². The molecule has 2 aromatic rings. The maximum Gasteiger partial charge on any atom is 0.256 e. The van der Waals surface area contributed by atoms with Crippen molar-refractivity contribution in [2.75, 3.05) is 5.32 Å². The van der Waals surface area contributed by atoms with E-state index in [0.29, 0.717) is 16.4 Å². The first-order chi connectivity index (χ1) is 8.61. The van der Waals surface area contributed by atoms with Crippen LogP contribution >= 0.6 is 11.6 Å². The number of aryl methyl sites for hydroxylation is 2. The van der Waals surface area contributed by atoms with E-state index >= 15 is 0 Å². The molecule has 0 aliphatic heterocycles. The summed E-state index contributed by atoms with van der Waals surface area (Å²) in [6, 6.07) is 5.23. The standard InChI is InChI=1S/C13H14ClN3O/c1-3-9-7-15-17-12(9)16-13(18)10-5-4-8(2)11(14)6-10/h4-7H,3H2,1-2H3,(H2,15,16,17,18). The first kappa shape index (κ1) is 12.6. The molecular formula is C13H14ClN3O. The van der Waals surface area contributed by atoms with Crippen LogP contribution in [0.5, 0.6) is 0 Å². The van der Waals surface area contributed by atoms with E-state index < -0.39 is 0 Å². The molecule has 0 aliphatic rings. The normalized spacial score (nSPS) is 10.4. The van der Waals surface area contributed by atoms with Gasteiger partial charge in [0, 0.05) is 16.1 Å². The number of amides is 1. The summed E-state index contributed by atoms with van der Waals surface area (Å²) in [5.74, 6) is 0.440. The number of carbonyl (C=O) groups is 1. The minimum Gasteiger partial charge on any atom is -0.307 e. The van der Waals surface area contributed by atoms with E-state index in [1.54, 1.807) is 18.3 Å². The molecule has 2 N–H and O–H groups in total. The number of H-pyrrole nitrogens is 1. The van der Waals surface area contributed by atoms with Gasteiger partial charge in [0.1, 0.15) is 5.82 Å². The molecule has 18 heavy (non-hydrogen) atoms. The number of aromatic nitrogens is 2. The summed E-state index contributed by atoms with van der Waals surface area (Å²) in [4.78, 5) is 12.0. The maximum atomic E-state index is 12.0. The van der Waals surface area contributed by atoms with E-state index in [2.05, 4.69) is 15.5 Å². The van der Waals surface area contributed by atoms with Gasteiger partial charge in [0.05, 0.1) is 6.20 Å². The van der Waals surface area contributed by atoms with Gasteiger partial charge < -0.3 is 5.32 Å². The molecule has 1 heterocycles. The third kappa shape index (κ3) is 2.54. The van der Waals surface area contributed by atoms with Crippen LogP contribution in [0.15, 0.2) is 24.4 Å². The molecule has 94 valence electrons. The Morgan fingerprint density at radius 3 is 2.94 bits per heavy atom. The molecule has 0 unspecified atom stereocenters. The number of hydrogen-bond acceptors (Lipinski definition) is 2. The average Bonchev–Trinajstić information content (AvgIpc) is 2.79.